The molecule has 0 radical (unpaired) electrons. The van der Waals surface area contributed by atoms with Crippen LogP contribution in [0.3, 0.4) is 0 Å². The quantitative estimate of drug-likeness (QED) is 0.736. The lowest BCUT2D eigenvalue weighted by Crippen LogP contribution is -2.46. The third-order valence-corrected chi connectivity index (χ3v) is 3.27. The summed E-state index contributed by atoms with van der Waals surface area (Å²) in [6, 6.07) is 0. The molecule has 1 unspecified atom stereocenters. The first kappa shape index (κ1) is 13.5. The van der Waals surface area contributed by atoms with Crippen LogP contribution in [0.5, 0.6) is 0 Å². The summed E-state index contributed by atoms with van der Waals surface area (Å²) in [6.07, 6.45) is 1.57. The van der Waals surface area contributed by atoms with Crippen molar-refractivity contribution >= 4 is 17.1 Å². The minimum absolute atomic E-state index is 0.362. The van der Waals surface area contributed by atoms with Gasteiger partial charge in [-0.25, -0.2) is 0 Å². The largest absolute Gasteiger partial charge is 0.398 e. The molecule has 0 aliphatic heterocycles. The zero-order valence-electron chi connectivity index (χ0n) is 10.6. The average Bonchev–Trinajstić information content (AvgIpc) is 2.15. The summed E-state index contributed by atoms with van der Waals surface area (Å²) < 4.78 is 0. The summed E-state index contributed by atoms with van der Waals surface area (Å²) >= 11 is 5.08. The molecule has 0 aromatic carbocycles. The van der Waals surface area contributed by atoms with Gasteiger partial charge in [0.15, 0.2) is 0 Å². The summed E-state index contributed by atoms with van der Waals surface area (Å²) in [5, 5.41) is 9.41. The number of nitrogens with zero attached hydrogens (tertiary/aromatic N) is 1. The zero-order chi connectivity index (χ0) is 12.5. The predicted octanol–water partition coefficient (Wildman–Crippen LogP) is 1.66. The lowest BCUT2D eigenvalue weighted by atomic mass is 9.90. The Morgan fingerprint density at radius 3 is 2.44 bits per heavy atom. The minimum Gasteiger partial charge on any atom is -0.398 e. The number of nitrogens with two attached hydrogens (primary N) is 1. The Morgan fingerprint density at radius 2 is 2.00 bits per heavy atom. The van der Waals surface area contributed by atoms with E-state index in [9.17, 15) is 5.11 Å². The molecule has 0 fully saturated rings. The number of aliphatic hydroxyl groups is 1. The van der Waals surface area contributed by atoms with Crippen molar-refractivity contribution in [1.29, 1.82) is 0 Å². The molecule has 16 heavy (non-hydrogen) atoms. The number of hydrogen-bond donors (Lipinski definition) is 2. The van der Waals surface area contributed by atoms with E-state index >= 15 is 0 Å². The van der Waals surface area contributed by atoms with Crippen LogP contribution in [0.2, 0.25) is 0 Å². The molecule has 0 bridgehead atoms. The zero-order valence-corrected chi connectivity index (χ0v) is 11.4. The van der Waals surface area contributed by atoms with E-state index < -0.39 is 6.10 Å². The van der Waals surface area contributed by atoms with Crippen LogP contribution in [0.25, 0.3) is 0 Å². The monoisotopic (exact) mass is 242 g/mol. The van der Waals surface area contributed by atoms with Crippen LogP contribution in [-0.2, 0) is 0 Å². The summed E-state index contributed by atoms with van der Waals surface area (Å²) in [7, 11) is 1.98. The lowest BCUT2D eigenvalue weighted by molar-refractivity contribution is 0.248. The fourth-order valence-electron chi connectivity index (χ4n) is 1.83. The van der Waals surface area contributed by atoms with Gasteiger partial charge in [0.05, 0.1) is 16.3 Å². The van der Waals surface area contributed by atoms with Gasteiger partial charge in [-0.05, 0) is 18.3 Å². The molecule has 92 valence electrons. The maximum atomic E-state index is 9.41. The molecule has 1 aliphatic carbocycles. The third kappa shape index (κ3) is 2.95. The second kappa shape index (κ2) is 4.72. The highest BCUT2D eigenvalue weighted by molar-refractivity contribution is 7.81. The van der Waals surface area contributed by atoms with E-state index in [2.05, 4.69) is 25.7 Å². The van der Waals surface area contributed by atoms with E-state index in [0.717, 1.165) is 18.7 Å². The van der Waals surface area contributed by atoms with Gasteiger partial charge in [-0.1, -0.05) is 33.0 Å². The molecule has 1 atom stereocenters. The second-order valence-electron chi connectivity index (χ2n) is 5.66. The highest BCUT2D eigenvalue weighted by atomic mass is 32.1. The first-order valence-corrected chi connectivity index (χ1v) is 6.08. The van der Waals surface area contributed by atoms with Gasteiger partial charge in [-0.3, -0.25) is 0 Å². The summed E-state index contributed by atoms with van der Waals surface area (Å²) in [5.41, 5.74) is 7.45. The molecule has 0 spiro atoms. The van der Waals surface area contributed by atoms with E-state index in [1.807, 2.05) is 7.05 Å². The van der Waals surface area contributed by atoms with E-state index in [1.54, 1.807) is 0 Å². The number of rotatable bonds is 4. The Kier molecular flexibility index (Phi) is 3.97. The Balaban J connectivity index is 2.43. The van der Waals surface area contributed by atoms with E-state index in [1.165, 1.54) is 6.42 Å². The van der Waals surface area contributed by atoms with Crippen LogP contribution in [0.4, 0.5) is 0 Å². The molecule has 1 rings (SSSR count). The van der Waals surface area contributed by atoms with Crippen LogP contribution in [-0.4, -0.2) is 34.6 Å². The van der Waals surface area contributed by atoms with Gasteiger partial charge in [-0.2, -0.15) is 0 Å². The van der Waals surface area contributed by atoms with E-state index in [4.69, 9.17) is 18.0 Å². The molecule has 0 saturated carbocycles. The van der Waals surface area contributed by atoms with Gasteiger partial charge in [0.1, 0.15) is 6.10 Å². The Morgan fingerprint density at radius 1 is 1.44 bits per heavy atom. The maximum Gasteiger partial charge on any atom is 0.132 e. The molecular formula is C12H22N2OS. The molecule has 1 aliphatic rings. The Hall–Kier alpha value is -0.610. The van der Waals surface area contributed by atoms with Gasteiger partial charge in [0.2, 0.25) is 0 Å². The topological polar surface area (TPSA) is 49.5 Å². The fraction of sp³-hybridized carbons (Fsp3) is 0.750. The highest BCUT2D eigenvalue weighted by Crippen LogP contribution is 2.26. The molecule has 3 nitrogen and oxygen atoms in total. The molecule has 0 amide bonds. The van der Waals surface area contributed by atoms with Gasteiger partial charge in [-0.15, -0.1) is 0 Å². The average molecular weight is 242 g/mol. The van der Waals surface area contributed by atoms with Crippen LogP contribution in [0, 0.1) is 5.41 Å². The molecular weight excluding hydrogens is 220 g/mol. The standard InChI is InChI=1S/C12H22N2OS/c1-12(2,3)6-5-7-14(4)9-8(13)10(15)11(9)16/h10,15H,5-7,13H2,1-4H3. The molecule has 0 saturated heterocycles. The first-order valence-electron chi connectivity index (χ1n) is 5.67. The minimum atomic E-state index is -0.699. The van der Waals surface area contributed by atoms with Crippen LogP contribution in [0.1, 0.15) is 33.6 Å². The van der Waals surface area contributed by atoms with Crippen molar-refractivity contribution in [2.45, 2.75) is 39.7 Å². The number of aliphatic hydroxyl groups excluding tert-OH is 1. The highest BCUT2D eigenvalue weighted by Gasteiger charge is 2.34. The SMILES string of the molecule is CN(CCCC(C)(C)C)C1=C(N)C(O)C1=S. The fourth-order valence-corrected chi connectivity index (χ4v) is 2.23. The van der Waals surface area contributed by atoms with E-state index in [-0.39, 0.29) is 0 Å². The van der Waals surface area contributed by atoms with Crippen LogP contribution in [0.15, 0.2) is 11.4 Å². The first-order chi connectivity index (χ1) is 7.24. The summed E-state index contributed by atoms with van der Waals surface area (Å²) in [5.74, 6) is 0. The Bertz CT molecular complexity index is 317. The van der Waals surface area contributed by atoms with Gasteiger partial charge < -0.3 is 15.7 Å². The molecule has 4 heteroatoms. The second-order valence-corrected chi connectivity index (χ2v) is 6.10. The maximum absolute atomic E-state index is 9.41. The number of thiocarbonyl (C=S) groups is 1. The van der Waals surface area contributed by atoms with Crippen molar-refractivity contribution in [3.05, 3.63) is 11.4 Å². The molecule has 0 aromatic heterocycles. The van der Waals surface area contributed by atoms with Gasteiger partial charge in [0.25, 0.3) is 0 Å². The number of hydrogen-bond acceptors (Lipinski definition) is 4. The van der Waals surface area contributed by atoms with Crippen LogP contribution >= 0.6 is 12.2 Å². The van der Waals surface area contributed by atoms with E-state index in [0.29, 0.717) is 16.0 Å². The normalized spacial score (nSPS) is 21.1. The summed E-state index contributed by atoms with van der Waals surface area (Å²) in [4.78, 5) is 2.63. The molecule has 3 N–H and O–H groups in total. The van der Waals surface area contributed by atoms with Crippen molar-refractivity contribution in [2.24, 2.45) is 11.1 Å². The van der Waals surface area contributed by atoms with Gasteiger partial charge in [0, 0.05) is 13.6 Å². The van der Waals surface area contributed by atoms with Gasteiger partial charge >= 0.3 is 0 Å². The summed E-state index contributed by atoms with van der Waals surface area (Å²) in [6.45, 7) is 7.63. The molecule has 0 aromatic rings. The predicted molar refractivity (Wildman–Crippen MR) is 71.1 cm³/mol. The van der Waals surface area contributed by atoms with Crippen molar-refractivity contribution < 1.29 is 5.11 Å². The van der Waals surface area contributed by atoms with Crippen molar-refractivity contribution in [2.75, 3.05) is 13.6 Å². The lowest BCUT2D eigenvalue weighted by Gasteiger charge is -2.35. The third-order valence-electron chi connectivity index (χ3n) is 2.85. The smallest absolute Gasteiger partial charge is 0.132 e. The van der Waals surface area contributed by atoms with Crippen LogP contribution < -0.4 is 5.73 Å². The van der Waals surface area contributed by atoms with Crippen molar-refractivity contribution in [3.8, 4) is 0 Å². The Labute approximate surface area is 103 Å². The molecule has 0 heterocycles. The van der Waals surface area contributed by atoms with Crippen molar-refractivity contribution in [3.63, 3.8) is 0 Å². The van der Waals surface area contributed by atoms with Crippen molar-refractivity contribution in [1.82, 2.24) is 4.90 Å².